The lowest BCUT2D eigenvalue weighted by atomic mass is 9.94. The molecule has 0 radical (unpaired) electrons. The number of nitrogens with two attached hydrogens (primary N) is 1. The molecule has 0 spiro atoms. The first-order valence-corrected chi connectivity index (χ1v) is 7.26. The van der Waals surface area contributed by atoms with E-state index in [9.17, 15) is 4.79 Å². The van der Waals surface area contributed by atoms with Crippen LogP contribution in [0.25, 0.3) is 0 Å². The number of nitrogens with zero attached hydrogens (tertiary/aromatic N) is 1. The highest BCUT2D eigenvalue weighted by Gasteiger charge is 2.29. The fourth-order valence-electron chi connectivity index (χ4n) is 1.90. The number of carbonyl (C=O) groups is 1. The maximum Gasteiger partial charge on any atom is 0.232 e. The maximum absolute atomic E-state index is 12.3. The molecule has 0 aromatic rings. The van der Waals surface area contributed by atoms with E-state index in [0.29, 0.717) is 4.99 Å². The Balaban J connectivity index is 2.68. The van der Waals surface area contributed by atoms with Crippen LogP contribution in [0, 0.1) is 11.8 Å². The van der Waals surface area contributed by atoms with E-state index in [0.717, 1.165) is 31.0 Å². The number of hydrogen-bond donors (Lipinski definition) is 1. The smallest absolute Gasteiger partial charge is 0.232 e. The molecule has 3 nitrogen and oxygen atoms in total. The second-order valence-corrected chi connectivity index (χ2v) is 6.11. The second-order valence-electron chi connectivity index (χ2n) is 4.42. The van der Waals surface area contributed by atoms with Crippen molar-refractivity contribution in [2.24, 2.45) is 17.6 Å². The summed E-state index contributed by atoms with van der Waals surface area (Å²) >= 11 is 6.91. The normalized spacial score (nSPS) is 19.3. The van der Waals surface area contributed by atoms with E-state index in [-0.39, 0.29) is 17.7 Å². The number of rotatable bonds is 3. The van der Waals surface area contributed by atoms with Gasteiger partial charge in [-0.3, -0.25) is 4.79 Å². The molecule has 0 bridgehead atoms. The number of carbonyl (C=O) groups excluding carboxylic acids is 1. The van der Waals surface area contributed by atoms with Gasteiger partial charge in [-0.2, -0.15) is 11.8 Å². The molecule has 0 saturated carbocycles. The van der Waals surface area contributed by atoms with Crippen LogP contribution in [0.5, 0.6) is 0 Å². The molecule has 1 atom stereocenters. The molecular formula is C11H20N2OS2. The van der Waals surface area contributed by atoms with Crippen LogP contribution in [0.2, 0.25) is 0 Å². The quantitative estimate of drug-likeness (QED) is 0.781. The first kappa shape index (κ1) is 13.8. The molecule has 1 rings (SSSR count). The molecule has 1 unspecified atom stereocenters. The zero-order valence-electron chi connectivity index (χ0n) is 9.94. The standard InChI is InChI=1S/C11H20N2OS2/c1-8(2)9(10(12)15)11(14)13-4-3-6-16-7-5-13/h8-9H,3-7H2,1-2H3,(H2,12,15). The van der Waals surface area contributed by atoms with Crippen LogP contribution >= 0.6 is 24.0 Å². The Morgan fingerprint density at radius 1 is 1.38 bits per heavy atom. The van der Waals surface area contributed by atoms with Crippen molar-refractivity contribution in [2.75, 3.05) is 24.6 Å². The van der Waals surface area contributed by atoms with Crippen LogP contribution in [0.3, 0.4) is 0 Å². The van der Waals surface area contributed by atoms with Gasteiger partial charge >= 0.3 is 0 Å². The van der Waals surface area contributed by atoms with Gasteiger partial charge in [-0.05, 0) is 18.1 Å². The number of amides is 1. The summed E-state index contributed by atoms with van der Waals surface area (Å²) in [6, 6.07) is 0. The van der Waals surface area contributed by atoms with Crippen molar-refractivity contribution < 1.29 is 4.79 Å². The van der Waals surface area contributed by atoms with Crippen molar-refractivity contribution >= 4 is 34.9 Å². The molecule has 0 aromatic carbocycles. The van der Waals surface area contributed by atoms with E-state index < -0.39 is 0 Å². The molecule has 16 heavy (non-hydrogen) atoms. The van der Waals surface area contributed by atoms with Gasteiger partial charge < -0.3 is 10.6 Å². The average molecular weight is 260 g/mol. The summed E-state index contributed by atoms with van der Waals surface area (Å²) in [6.45, 7) is 5.66. The third-order valence-corrected chi connectivity index (χ3v) is 4.08. The Morgan fingerprint density at radius 2 is 2.06 bits per heavy atom. The fraction of sp³-hybridized carbons (Fsp3) is 0.818. The molecular weight excluding hydrogens is 240 g/mol. The summed E-state index contributed by atoms with van der Waals surface area (Å²) in [4.78, 5) is 14.5. The van der Waals surface area contributed by atoms with E-state index in [4.69, 9.17) is 18.0 Å². The Labute approximate surface area is 107 Å². The van der Waals surface area contributed by atoms with Gasteiger partial charge in [0.25, 0.3) is 0 Å². The molecule has 92 valence electrons. The highest BCUT2D eigenvalue weighted by molar-refractivity contribution is 7.99. The molecule has 0 aliphatic carbocycles. The van der Waals surface area contributed by atoms with E-state index in [2.05, 4.69) is 0 Å². The molecule has 5 heteroatoms. The number of hydrogen-bond acceptors (Lipinski definition) is 3. The highest BCUT2D eigenvalue weighted by atomic mass is 32.2. The summed E-state index contributed by atoms with van der Waals surface area (Å²) in [5, 5.41) is 0. The monoisotopic (exact) mass is 260 g/mol. The molecule has 1 aliphatic rings. The van der Waals surface area contributed by atoms with Gasteiger partial charge in [0.1, 0.15) is 0 Å². The minimum atomic E-state index is -0.293. The van der Waals surface area contributed by atoms with Gasteiger partial charge in [-0.15, -0.1) is 0 Å². The third-order valence-electron chi connectivity index (χ3n) is 2.77. The molecule has 1 heterocycles. The van der Waals surface area contributed by atoms with Crippen molar-refractivity contribution in [1.29, 1.82) is 0 Å². The largest absolute Gasteiger partial charge is 0.393 e. The number of thioether (sulfide) groups is 1. The lowest BCUT2D eigenvalue weighted by Crippen LogP contribution is -2.44. The van der Waals surface area contributed by atoms with Crippen molar-refractivity contribution in [2.45, 2.75) is 20.3 Å². The molecule has 1 aliphatic heterocycles. The van der Waals surface area contributed by atoms with Crippen molar-refractivity contribution in [3.63, 3.8) is 0 Å². The van der Waals surface area contributed by atoms with Crippen molar-refractivity contribution in [3.05, 3.63) is 0 Å². The molecule has 0 aromatic heterocycles. The van der Waals surface area contributed by atoms with Gasteiger partial charge in [-0.25, -0.2) is 0 Å². The summed E-state index contributed by atoms with van der Waals surface area (Å²) in [6.07, 6.45) is 1.07. The fourth-order valence-corrected chi connectivity index (χ4v) is 3.16. The van der Waals surface area contributed by atoms with Crippen LogP contribution < -0.4 is 5.73 Å². The zero-order chi connectivity index (χ0) is 12.1. The van der Waals surface area contributed by atoms with Gasteiger partial charge in [0.15, 0.2) is 0 Å². The van der Waals surface area contributed by atoms with Crippen LogP contribution in [0.4, 0.5) is 0 Å². The first-order valence-electron chi connectivity index (χ1n) is 5.70. The molecule has 1 fully saturated rings. The first-order chi connectivity index (χ1) is 7.54. The zero-order valence-corrected chi connectivity index (χ0v) is 11.6. The van der Waals surface area contributed by atoms with Crippen LogP contribution in [-0.2, 0) is 4.79 Å². The van der Waals surface area contributed by atoms with E-state index >= 15 is 0 Å². The van der Waals surface area contributed by atoms with E-state index in [1.165, 1.54) is 0 Å². The van der Waals surface area contributed by atoms with Crippen LogP contribution in [0.15, 0.2) is 0 Å². The third kappa shape index (κ3) is 3.63. The molecule has 1 amide bonds. The Hall–Kier alpha value is -0.290. The summed E-state index contributed by atoms with van der Waals surface area (Å²) < 4.78 is 0. The topological polar surface area (TPSA) is 46.3 Å². The summed E-state index contributed by atoms with van der Waals surface area (Å²) in [7, 11) is 0. The average Bonchev–Trinajstić information content (AvgIpc) is 2.43. The second kappa shape index (κ2) is 6.45. The molecule has 1 saturated heterocycles. The van der Waals surface area contributed by atoms with Crippen molar-refractivity contribution in [3.8, 4) is 0 Å². The van der Waals surface area contributed by atoms with Gasteiger partial charge in [-0.1, -0.05) is 26.1 Å². The lowest BCUT2D eigenvalue weighted by molar-refractivity contribution is -0.134. The minimum Gasteiger partial charge on any atom is -0.393 e. The number of thiocarbonyl (C=S) groups is 1. The van der Waals surface area contributed by atoms with Gasteiger partial charge in [0.2, 0.25) is 5.91 Å². The SMILES string of the molecule is CC(C)C(C(=O)N1CCCSCC1)C(N)=S. The molecule has 2 N–H and O–H groups in total. The van der Waals surface area contributed by atoms with E-state index in [1.54, 1.807) is 0 Å². The lowest BCUT2D eigenvalue weighted by Gasteiger charge is -2.27. The summed E-state index contributed by atoms with van der Waals surface area (Å²) in [5.74, 6) is 2.17. The Bertz CT molecular complexity index is 261. The van der Waals surface area contributed by atoms with Crippen molar-refractivity contribution in [1.82, 2.24) is 4.90 Å². The van der Waals surface area contributed by atoms with Gasteiger partial charge in [0.05, 0.1) is 10.9 Å². The predicted octanol–water partition coefficient (Wildman–Crippen LogP) is 1.51. The van der Waals surface area contributed by atoms with Gasteiger partial charge in [0, 0.05) is 18.8 Å². The van der Waals surface area contributed by atoms with Crippen LogP contribution in [0.1, 0.15) is 20.3 Å². The van der Waals surface area contributed by atoms with E-state index in [1.807, 2.05) is 30.5 Å². The summed E-state index contributed by atoms with van der Waals surface area (Å²) in [5.41, 5.74) is 5.66. The Kier molecular flexibility index (Phi) is 5.55. The minimum absolute atomic E-state index is 0.116. The maximum atomic E-state index is 12.3. The Morgan fingerprint density at radius 3 is 2.62 bits per heavy atom. The van der Waals surface area contributed by atoms with Crippen LogP contribution in [-0.4, -0.2) is 40.4 Å². The predicted molar refractivity (Wildman–Crippen MR) is 73.6 cm³/mol. The highest BCUT2D eigenvalue weighted by Crippen LogP contribution is 2.18.